The summed E-state index contributed by atoms with van der Waals surface area (Å²) >= 11 is 0. The topological polar surface area (TPSA) is 37.3 Å². The Morgan fingerprint density at radius 1 is 1.25 bits per heavy atom. The van der Waals surface area contributed by atoms with E-state index in [4.69, 9.17) is 5.11 Å². The Morgan fingerprint density at radius 3 is 2.56 bits per heavy atom. The molecule has 16 heavy (non-hydrogen) atoms. The molecular weight excluding hydrogens is 200 g/mol. The number of hydrogen-bond donors (Lipinski definition) is 1. The summed E-state index contributed by atoms with van der Waals surface area (Å²) in [4.78, 5) is 11.0. The predicted molar refractivity (Wildman–Crippen MR) is 63.3 cm³/mol. The molecule has 1 saturated carbocycles. The molecule has 0 heterocycles. The molecule has 86 valence electrons. The van der Waals surface area contributed by atoms with Gasteiger partial charge in [-0.3, -0.25) is 4.79 Å². The van der Waals surface area contributed by atoms with Crippen LogP contribution in [-0.2, 0) is 4.79 Å². The van der Waals surface area contributed by atoms with Crippen molar-refractivity contribution in [3.8, 4) is 0 Å². The molecule has 2 nitrogen and oxygen atoms in total. The maximum atomic E-state index is 11.0. The van der Waals surface area contributed by atoms with Gasteiger partial charge in [0.1, 0.15) is 0 Å². The number of carbonyl (C=O) groups is 1. The average Bonchev–Trinajstić information content (AvgIpc) is 2.30. The second-order valence-electron chi connectivity index (χ2n) is 4.84. The van der Waals surface area contributed by atoms with Crippen molar-refractivity contribution in [2.45, 2.75) is 32.1 Å². The Morgan fingerprint density at radius 2 is 1.94 bits per heavy atom. The van der Waals surface area contributed by atoms with Gasteiger partial charge in [0.25, 0.3) is 0 Å². The van der Waals surface area contributed by atoms with Crippen molar-refractivity contribution in [2.24, 2.45) is 11.8 Å². The minimum Gasteiger partial charge on any atom is -0.481 e. The summed E-state index contributed by atoms with van der Waals surface area (Å²) in [6.07, 6.45) is 2.65. The lowest BCUT2D eigenvalue weighted by molar-refractivity contribution is -0.143. The molecule has 0 radical (unpaired) electrons. The summed E-state index contributed by atoms with van der Waals surface area (Å²) in [5, 5.41) is 9.09. The van der Waals surface area contributed by atoms with Crippen LogP contribution < -0.4 is 0 Å². The van der Waals surface area contributed by atoms with Crippen molar-refractivity contribution >= 4 is 5.97 Å². The highest BCUT2D eigenvalue weighted by molar-refractivity contribution is 5.70. The van der Waals surface area contributed by atoms with E-state index in [9.17, 15) is 4.79 Å². The van der Waals surface area contributed by atoms with Crippen molar-refractivity contribution in [3.63, 3.8) is 0 Å². The Balaban J connectivity index is 2.16. The van der Waals surface area contributed by atoms with Crippen LogP contribution in [0.5, 0.6) is 0 Å². The highest BCUT2D eigenvalue weighted by Crippen LogP contribution is 2.40. The molecule has 2 rings (SSSR count). The first-order valence-corrected chi connectivity index (χ1v) is 5.96. The third kappa shape index (κ3) is 2.26. The molecule has 1 N–H and O–H groups in total. The third-order valence-corrected chi connectivity index (χ3v) is 3.77. The summed E-state index contributed by atoms with van der Waals surface area (Å²) in [6, 6.07) is 10.3. The summed E-state index contributed by atoms with van der Waals surface area (Å²) in [5.74, 6) is 0.225. The maximum Gasteiger partial charge on any atom is 0.306 e. The van der Waals surface area contributed by atoms with Crippen LogP contribution in [0.25, 0.3) is 0 Å². The molecule has 0 bridgehead atoms. The highest BCUT2D eigenvalue weighted by atomic mass is 16.4. The molecule has 0 amide bonds. The smallest absolute Gasteiger partial charge is 0.306 e. The Hall–Kier alpha value is -1.31. The van der Waals surface area contributed by atoms with Gasteiger partial charge in [0.05, 0.1) is 5.92 Å². The van der Waals surface area contributed by atoms with Gasteiger partial charge in [-0.2, -0.15) is 0 Å². The third-order valence-electron chi connectivity index (χ3n) is 3.77. The summed E-state index contributed by atoms with van der Waals surface area (Å²) in [5.41, 5.74) is 1.29. The van der Waals surface area contributed by atoms with Gasteiger partial charge in [0, 0.05) is 0 Å². The van der Waals surface area contributed by atoms with E-state index in [0.29, 0.717) is 11.8 Å². The van der Waals surface area contributed by atoms with Crippen LogP contribution in [0.1, 0.15) is 37.7 Å². The van der Waals surface area contributed by atoms with Crippen LogP contribution in [0, 0.1) is 11.8 Å². The van der Waals surface area contributed by atoms with E-state index in [-0.39, 0.29) is 5.92 Å². The van der Waals surface area contributed by atoms with Crippen LogP contribution in [-0.4, -0.2) is 11.1 Å². The lowest BCUT2D eigenvalue weighted by Gasteiger charge is -2.32. The lowest BCUT2D eigenvalue weighted by atomic mass is 9.72. The number of benzene rings is 1. The van der Waals surface area contributed by atoms with Crippen molar-refractivity contribution in [1.29, 1.82) is 0 Å². The van der Waals surface area contributed by atoms with E-state index in [0.717, 1.165) is 19.3 Å². The number of aliphatic carboxylic acids is 1. The molecule has 0 saturated heterocycles. The standard InChI is InChI=1S/C14H18O2/c1-10-7-8-12(14(15)16)9-13(10)11-5-3-2-4-6-11/h2-6,10,12-13H,7-9H2,1H3,(H,15,16)/t10-,12-,13-/m0/s1. The minimum atomic E-state index is -0.632. The molecule has 1 aliphatic carbocycles. The monoisotopic (exact) mass is 218 g/mol. The van der Waals surface area contributed by atoms with E-state index < -0.39 is 5.97 Å². The van der Waals surface area contributed by atoms with Crippen LogP contribution in [0.15, 0.2) is 30.3 Å². The fraction of sp³-hybridized carbons (Fsp3) is 0.500. The minimum absolute atomic E-state index is 0.151. The van der Waals surface area contributed by atoms with Crippen LogP contribution in [0.4, 0.5) is 0 Å². The van der Waals surface area contributed by atoms with Crippen molar-refractivity contribution in [1.82, 2.24) is 0 Å². The largest absolute Gasteiger partial charge is 0.481 e. The number of carboxylic acids is 1. The maximum absolute atomic E-state index is 11.0. The van der Waals surface area contributed by atoms with E-state index in [2.05, 4.69) is 19.1 Å². The molecule has 0 spiro atoms. The molecule has 1 fully saturated rings. The quantitative estimate of drug-likeness (QED) is 0.827. The highest BCUT2D eigenvalue weighted by Gasteiger charge is 2.32. The van der Waals surface area contributed by atoms with Gasteiger partial charge in [-0.1, -0.05) is 37.3 Å². The van der Waals surface area contributed by atoms with Gasteiger partial charge >= 0.3 is 5.97 Å². The molecule has 3 atom stereocenters. The number of rotatable bonds is 2. The fourth-order valence-corrected chi connectivity index (χ4v) is 2.71. The Bertz CT molecular complexity index is 358. The van der Waals surface area contributed by atoms with Gasteiger partial charge in [-0.15, -0.1) is 0 Å². The van der Waals surface area contributed by atoms with E-state index in [1.54, 1.807) is 0 Å². The molecule has 1 aliphatic rings. The van der Waals surface area contributed by atoms with Crippen LogP contribution >= 0.6 is 0 Å². The fourth-order valence-electron chi connectivity index (χ4n) is 2.71. The lowest BCUT2D eigenvalue weighted by Crippen LogP contribution is -2.26. The zero-order valence-electron chi connectivity index (χ0n) is 9.60. The van der Waals surface area contributed by atoms with Gasteiger partial charge in [-0.25, -0.2) is 0 Å². The Labute approximate surface area is 96.3 Å². The first-order chi connectivity index (χ1) is 7.68. The second kappa shape index (κ2) is 4.69. The zero-order valence-corrected chi connectivity index (χ0v) is 9.60. The predicted octanol–water partition coefficient (Wildman–Crippen LogP) is 3.29. The zero-order chi connectivity index (χ0) is 11.5. The second-order valence-corrected chi connectivity index (χ2v) is 4.84. The average molecular weight is 218 g/mol. The SMILES string of the molecule is C[C@H]1CC[C@H](C(=O)O)C[C@@H]1c1ccccc1. The molecule has 0 unspecified atom stereocenters. The van der Waals surface area contributed by atoms with Crippen molar-refractivity contribution < 1.29 is 9.90 Å². The molecule has 1 aromatic carbocycles. The summed E-state index contributed by atoms with van der Waals surface area (Å²) in [6.45, 7) is 2.23. The number of carboxylic acid groups (broad SMARTS) is 1. The van der Waals surface area contributed by atoms with Gasteiger partial charge in [0.2, 0.25) is 0 Å². The van der Waals surface area contributed by atoms with Crippen molar-refractivity contribution in [2.75, 3.05) is 0 Å². The van der Waals surface area contributed by atoms with E-state index in [1.165, 1.54) is 5.56 Å². The Kier molecular flexibility index (Phi) is 3.28. The van der Waals surface area contributed by atoms with Gasteiger partial charge in [0.15, 0.2) is 0 Å². The molecule has 1 aromatic rings. The van der Waals surface area contributed by atoms with E-state index >= 15 is 0 Å². The van der Waals surface area contributed by atoms with Crippen LogP contribution in [0.3, 0.4) is 0 Å². The molecular formula is C14H18O2. The first kappa shape index (κ1) is 11.2. The summed E-state index contributed by atoms with van der Waals surface area (Å²) in [7, 11) is 0. The first-order valence-electron chi connectivity index (χ1n) is 5.96. The van der Waals surface area contributed by atoms with Gasteiger partial charge in [-0.05, 0) is 36.7 Å². The molecule has 0 aliphatic heterocycles. The molecule has 0 aromatic heterocycles. The van der Waals surface area contributed by atoms with Crippen LogP contribution in [0.2, 0.25) is 0 Å². The normalized spacial score (nSPS) is 29.9. The molecule has 2 heteroatoms. The summed E-state index contributed by atoms with van der Waals surface area (Å²) < 4.78 is 0. The van der Waals surface area contributed by atoms with E-state index in [1.807, 2.05) is 18.2 Å². The van der Waals surface area contributed by atoms with Gasteiger partial charge < -0.3 is 5.11 Å². The number of hydrogen-bond acceptors (Lipinski definition) is 1. The van der Waals surface area contributed by atoms with Crippen molar-refractivity contribution in [3.05, 3.63) is 35.9 Å².